The van der Waals surface area contributed by atoms with E-state index in [9.17, 15) is 4.79 Å². The topological polar surface area (TPSA) is 94.5 Å². The number of hydrogen-bond donors (Lipinski definition) is 2. The van der Waals surface area contributed by atoms with Gasteiger partial charge < -0.3 is 10.2 Å². The Morgan fingerprint density at radius 2 is 0.733 bits per heavy atom. The zero-order valence-electron chi connectivity index (χ0n) is 19.0. The maximum absolute atomic E-state index is 11.6. The normalized spacial score (nSPS) is 11.3. The molecule has 0 saturated carbocycles. The van der Waals surface area contributed by atoms with Crippen LogP contribution in [0.25, 0.3) is 0 Å². The predicted octanol–water partition coefficient (Wildman–Crippen LogP) is 4.68. The molecule has 0 fully saturated rings. The second-order valence-corrected chi connectivity index (χ2v) is 7.81. The lowest BCUT2D eigenvalue weighted by Crippen LogP contribution is -2.16. The molecule has 0 rings (SSSR count). The van der Waals surface area contributed by atoms with Crippen LogP contribution in [-0.2, 0) is 24.3 Å². The van der Waals surface area contributed by atoms with Crippen molar-refractivity contribution in [3.63, 3.8) is 0 Å². The van der Waals surface area contributed by atoms with Gasteiger partial charge in [-0.05, 0) is 25.7 Å². The molecule has 0 saturated heterocycles. The number of carbonyl (C=O) groups is 1. The minimum absolute atomic E-state index is 0.121. The van der Waals surface area contributed by atoms with Gasteiger partial charge in [-0.3, -0.25) is 4.79 Å². The van der Waals surface area contributed by atoms with Crippen LogP contribution in [-0.4, -0.2) is 55.6 Å². The molecular weight excluding hydrogens is 388 g/mol. The molecule has 0 bridgehead atoms. The Labute approximate surface area is 183 Å². The first-order valence-corrected chi connectivity index (χ1v) is 12.0. The van der Waals surface area contributed by atoms with E-state index in [0.29, 0.717) is 26.4 Å². The van der Waals surface area contributed by atoms with E-state index in [0.717, 1.165) is 51.4 Å². The summed E-state index contributed by atoms with van der Waals surface area (Å²) in [6, 6.07) is 0. The van der Waals surface area contributed by atoms with Crippen molar-refractivity contribution in [3.8, 4) is 0 Å². The summed E-state index contributed by atoms with van der Waals surface area (Å²) in [6.07, 6.45) is 17.7. The highest BCUT2D eigenvalue weighted by molar-refractivity contribution is 5.80. The summed E-state index contributed by atoms with van der Waals surface area (Å²) in [5.74, 6) is -0.208. The summed E-state index contributed by atoms with van der Waals surface area (Å²) in [7, 11) is 0. The number of Topliss-reactive ketones (excluding diaryl/α,β-unsaturated/α-hetero) is 1. The lowest BCUT2D eigenvalue weighted by Gasteiger charge is -2.05. The van der Waals surface area contributed by atoms with E-state index in [4.69, 9.17) is 29.8 Å². The molecule has 7 heteroatoms. The van der Waals surface area contributed by atoms with Gasteiger partial charge in [0, 0.05) is 13.2 Å². The molecule has 0 amide bonds. The number of aliphatic hydroxyl groups excluding tert-OH is 2. The quantitative estimate of drug-likeness (QED) is 0.116. The molecule has 0 unspecified atom stereocenters. The highest BCUT2D eigenvalue weighted by Gasteiger charge is 2.04. The van der Waals surface area contributed by atoms with Crippen LogP contribution in [0, 0.1) is 0 Å². The zero-order chi connectivity index (χ0) is 22.0. The molecular formula is C23H46O7. The first-order chi connectivity index (χ1) is 14.8. The standard InChI is InChI=1S/C23H46O7/c24-17-13-9-5-1-3-7-11-15-19-27-29-21-23(26)22-30-28-20-16-12-8-4-2-6-10-14-18-25/h24-25H,1-22H2. The Hall–Kier alpha value is -0.570. The average Bonchev–Trinajstić information content (AvgIpc) is 2.75. The van der Waals surface area contributed by atoms with Crippen LogP contribution in [0.4, 0.5) is 0 Å². The molecule has 0 spiro atoms. The highest BCUT2D eigenvalue weighted by Crippen LogP contribution is 2.09. The first-order valence-electron chi connectivity index (χ1n) is 12.0. The van der Waals surface area contributed by atoms with Crippen LogP contribution in [0.1, 0.15) is 103 Å². The summed E-state index contributed by atoms with van der Waals surface area (Å²) >= 11 is 0. The SMILES string of the molecule is O=C(COOCCCCCCCCCCO)COOCCCCCCCCCCO. The summed E-state index contributed by atoms with van der Waals surface area (Å²) in [6.45, 7) is 1.35. The van der Waals surface area contributed by atoms with E-state index in [2.05, 4.69) is 0 Å². The monoisotopic (exact) mass is 434 g/mol. The van der Waals surface area contributed by atoms with Crippen LogP contribution in [0.3, 0.4) is 0 Å². The fourth-order valence-corrected chi connectivity index (χ4v) is 3.04. The third-order valence-electron chi connectivity index (χ3n) is 4.88. The third kappa shape index (κ3) is 25.5. The molecule has 0 radical (unpaired) electrons. The lowest BCUT2D eigenvalue weighted by molar-refractivity contribution is -0.303. The molecule has 180 valence electrons. The molecule has 0 heterocycles. The number of aliphatic hydroxyl groups is 2. The number of ketones is 1. The fraction of sp³-hybridized carbons (Fsp3) is 0.957. The van der Waals surface area contributed by atoms with Crippen molar-refractivity contribution in [2.75, 3.05) is 39.6 Å². The number of hydrogen-bond acceptors (Lipinski definition) is 7. The van der Waals surface area contributed by atoms with Gasteiger partial charge >= 0.3 is 0 Å². The Balaban J connectivity index is 3.14. The minimum atomic E-state index is -0.208. The van der Waals surface area contributed by atoms with Gasteiger partial charge in [-0.1, -0.05) is 77.0 Å². The number of carbonyl (C=O) groups excluding carboxylic acids is 1. The molecule has 0 aliphatic heterocycles. The van der Waals surface area contributed by atoms with Gasteiger partial charge in [0.25, 0.3) is 0 Å². The molecule has 0 aromatic heterocycles. The summed E-state index contributed by atoms with van der Waals surface area (Å²) in [5.41, 5.74) is 0. The van der Waals surface area contributed by atoms with Crippen LogP contribution < -0.4 is 0 Å². The van der Waals surface area contributed by atoms with Crippen molar-refractivity contribution in [2.24, 2.45) is 0 Å². The van der Waals surface area contributed by atoms with Crippen molar-refractivity contribution in [2.45, 2.75) is 103 Å². The van der Waals surface area contributed by atoms with Crippen molar-refractivity contribution in [1.29, 1.82) is 0 Å². The molecule has 0 atom stereocenters. The molecule has 0 aliphatic carbocycles. The Morgan fingerprint density at radius 1 is 0.433 bits per heavy atom. The highest BCUT2D eigenvalue weighted by atomic mass is 17.2. The molecule has 7 nitrogen and oxygen atoms in total. The van der Waals surface area contributed by atoms with Crippen molar-refractivity contribution >= 4 is 5.78 Å². The lowest BCUT2D eigenvalue weighted by atomic mass is 10.1. The van der Waals surface area contributed by atoms with E-state index in [-0.39, 0.29) is 19.0 Å². The van der Waals surface area contributed by atoms with Gasteiger partial charge in [0.1, 0.15) is 13.2 Å². The largest absolute Gasteiger partial charge is 0.396 e. The van der Waals surface area contributed by atoms with Crippen molar-refractivity contribution in [3.05, 3.63) is 0 Å². The van der Waals surface area contributed by atoms with E-state index < -0.39 is 0 Å². The second kappa shape index (κ2) is 26.5. The van der Waals surface area contributed by atoms with Gasteiger partial charge in [0.2, 0.25) is 0 Å². The van der Waals surface area contributed by atoms with Gasteiger partial charge in [-0.2, -0.15) is 0 Å². The van der Waals surface area contributed by atoms with Crippen LogP contribution in [0.5, 0.6) is 0 Å². The Bertz CT molecular complexity index is 310. The minimum Gasteiger partial charge on any atom is -0.396 e. The number of rotatable bonds is 26. The van der Waals surface area contributed by atoms with Crippen LogP contribution in [0.15, 0.2) is 0 Å². The molecule has 30 heavy (non-hydrogen) atoms. The van der Waals surface area contributed by atoms with E-state index in [1.807, 2.05) is 0 Å². The summed E-state index contributed by atoms with van der Waals surface area (Å²) < 4.78 is 0. The summed E-state index contributed by atoms with van der Waals surface area (Å²) in [5, 5.41) is 17.4. The van der Waals surface area contributed by atoms with E-state index in [1.165, 1.54) is 51.4 Å². The molecule has 0 aromatic carbocycles. The van der Waals surface area contributed by atoms with Gasteiger partial charge in [-0.15, -0.1) is 0 Å². The molecule has 2 N–H and O–H groups in total. The Morgan fingerprint density at radius 3 is 1.07 bits per heavy atom. The summed E-state index contributed by atoms with van der Waals surface area (Å²) in [4.78, 5) is 31.4. The average molecular weight is 435 g/mol. The maximum Gasteiger partial charge on any atom is 0.190 e. The molecule has 0 aromatic rings. The van der Waals surface area contributed by atoms with E-state index >= 15 is 0 Å². The zero-order valence-corrected chi connectivity index (χ0v) is 19.0. The Kier molecular flexibility index (Phi) is 26.0. The fourth-order valence-electron chi connectivity index (χ4n) is 3.04. The van der Waals surface area contributed by atoms with Gasteiger partial charge in [0.15, 0.2) is 5.78 Å². The van der Waals surface area contributed by atoms with Gasteiger partial charge in [0.05, 0.1) is 13.2 Å². The van der Waals surface area contributed by atoms with Gasteiger partial charge in [-0.25, -0.2) is 19.6 Å². The number of unbranched alkanes of at least 4 members (excludes halogenated alkanes) is 14. The van der Waals surface area contributed by atoms with Crippen molar-refractivity contribution in [1.82, 2.24) is 0 Å². The molecule has 0 aliphatic rings. The smallest absolute Gasteiger partial charge is 0.190 e. The van der Waals surface area contributed by atoms with Crippen molar-refractivity contribution < 1.29 is 34.6 Å². The third-order valence-corrected chi connectivity index (χ3v) is 4.88. The maximum atomic E-state index is 11.6. The van der Waals surface area contributed by atoms with Crippen LogP contribution >= 0.6 is 0 Å². The van der Waals surface area contributed by atoms with Crippen LogP contribution in [0.2, 0.25) is 0 Å². The first kappa shape index (κ1) is 29.4. The van der Waals surface area contributed by atoms with E-state index in [1.54, 1.807) is 0 Å². The second-order valence-electron chi connectivity index (χ2n) is 7.81. The predicted molar refractivity (Wildman–Crippen MR) is 117 cm³/mol.